The molecule has 0 aliphatic carbocycles. The Balaban J connectivity index is 2.73. The van der Waals surface area contributed by atoms with Gasteiger partial charge in [-0.15, -0.1) is 0 Å². The number of nitrogens with zero attached hydrogens (tertiary/aromatic N) is 2. The van der Waals surface area contributed by atoms with Crippen molar-refractivity contribution in [2.75, 3.05) is 5.32 Å². The second-order valence-corrected chi connectivity index (χ2v) is 6.49. The van der Waals surface area contributed by atoms with Gasteiger partial charge in [0.05, 0.1) is 30.4 Å². The van der Waals surface area contributed by atoms with Gasteiger partial charge in [0.2, 0.25) is 0 Å². The zero-order valence-electron chi connectivity index (χ0n) is 12.1. The van der Waals surface area contributed by atoms with Crippen LogP contribution < -0.4 is 5.32 Å². The number of anilines is 2. The summed E-state index contributed by atoms with van der Waals surface area (Å²) >= 11 is 5.71. The van der Waals surface area contributed by atoms with Gasteiger partial charge in [0.15, 0.2) is 5.82 Å². The molecule has 0 aliphatic rings. The van der Waals surface area contributed by atoms with Crippen LogP contribution in [0.1, 0.15) is 5.56 Å². The molecule has 2 aromatic carbocycles. The maximum atomic E-state index is 13.6. The molecule has 2 rings (SSSR count). The summed E-state index contributed by atoms with van der Waals surface area (Å²) in [5, 5.41) is 24.1. The number of benzene rings is 2. The number of halogens is 6. The number of hydrogen-bond donors (Lipinski definition) is 1. The molecule has 0 aliphatic heterocycles. The summed E-state index contributed by atoms with van der Waals surface area (Å²) in [4.78, 5) is 19.6. The van der Waals surface area contributed by atoms with Gasteiger partial charge in [0, 0.05) is 11.8 Å². The number of nitro groups is 2. The van der Waals surface area contributed by atoms with Crippen LogP contribution in [0.2, 0.25) is 0 Å². The fourth-order valence-electron chi connectivity index (χ4n) is 1.99. The third kappa shape index (κ3) is 4.09. The summed E-state index contributed by atoms with van der Waals surface area (Å²) < 4.78 is 53.2. The molecule has 0 spiro atoms. The first-order valence-electron chi connectivity index (χ1n) is 6.37. The van der Waals surface area contributed by atoms with E-state index < -0.39 is 44.5 Å². The van der Waals surface area contributed by atoms with E-state index in [9.17, 15) is 37.8 Å². The van der Waals surface area contributed by atoms with Crippen LogP contribution in [0.4, 0.5) is 40.3 Å². The van der Waals surface area contributed by atoms with Crippen molar-refractivity contribution in [3.8, 4) is 0 Å². The Bertz CT molecular complexity index is 898. The minimum atomic E-state index is -5.12. The lowest BCUT2D eigenvalue weighted by Gasteiger charge is -2.15. The van der Waals surface area contributed by atoms with Gasteiger partial charge in [0.1, 0.15) is 5.69 Å². The molecule has 0 heterocycles. The Morgan fingerprint density at radius 2 is 1.50 bits per heavy atom. The van der Waals surface area contributed by atoms with Gasteiger partial charge in [-0.05, 0) is 44.0 Å². The van der Waals surface area contributed by atoms with Gasteiger partial charge >= 0.3 is 6.18 Å². The van der Waals surface area contributed by atoms with E-state index in [1.807, 2.05) is 0 Å². The predicted molar refractivity (Wildman–Crippen MR) is 89.8 cm³/mol. The van der Waals surface area contributed by atoms with Gasteiger partial charge < -0.3 is 5.32 Å². The smallest absolute Gasteiger partial charge is 0.349 e. The number of nitro benzene ring substituents is 2. The SMILES string of the molecule is O=[N+]([O-])c1cc([N+](=O)[O-])c(Nc2cc(Br)c(F)c(Br)c2)c(C(F)(F)F)c1. The summed E-state index contributed by atoms with van der Waals surface area (Å²) in [5.41, 5.74) is -4.96. The van der Waals surface area contributed by atoms with Crippen LogP contribution in [0.3, 0.4) is 0 Å². The van der Waals surface area contributed by atoms with Gasteiger partial charge in [-0.1, -0.05) is 0 Å². The lowest BCUT2D eigenvalue weighted by atomic mass is 10.1. The van der Waals surface area contributed by atoms with Crippen LogP contribution in [0, 0.1) is 26.0 Å². The molecule has 1 N–H and O–H groups in total. The Hall–Kier alpha value is -2.28. The van der Waals surface area contributed by atoms with Crippen molar-refractivity contribution in [1.82, 2.24) is 0 Å². The Morgan fingerprint density at radius 1 is 0.962 bits per heavy atom. The van der Waals surface area contributed by atoms with Crippen molar-refractivity contribution in [2.24, 2.45) is 0 Å². The van der Waals surface area contributed by atoms with Crippen molar-refractivity contribution >= 4 is 54.6 Å². The maximum Gasteiger partial charge on any atom is 0.418 e. The van der Waals surface area contributed by atoms with Crippen LogP contribution in [0.5, 0.6) is 0 Å². The molecular formula is C13H5Br2F4N3O4. The molecule has 0 atom stereocenters. The third-order valence-electron chi connectivity index (χ3n) is 3.07. The molecule has 0 radical (unpaired) electrons. The number of nitrogens with one attached hydrogen (secondary N) is 1. The predicted octanol–water partition coefficient (Wildman–Crippen LogP) is 5.93. The van der Waals surface area contributed by atoms with E-state index in [1.54, 1.807) is 0 Å². The first-order chi connectivity index (χ1) is 11.9. The minimum Gasteiger partial charge on any atom is -0.349 e. The van der Waals surface area contributed by atoms with Gasteiger partial charge in [-0.25, -0.2) is 4.39 Å². The van der Waals surface area contributed by atoms with Crippen molar-refractivity contribution in [3.63, 3.8) is 0 Å². The molecule has 0 saturated heterocycles. The Labute approximate surface area is 158 Å². The van der Waals surface area contributed by atoms with Crippen LogP contribution in [0.25, 0.3) is 0 Å². The van der Waals surface area contributed by atoms with E-state index in [0.29, 0.717) is 6.07 Å². The van der Waals surface area contributed by atoms with Gasteiger partial charge in [-0.3, -0.25) is 20.2 Å². The highest BCUT2D eigenvalue weighted by molar-refractivity contribution is 9.11. The van der Waals surface area contributed by atoms with Crippen LogP contribution in [0.15, 0.2) is 33.2 Å². The van der Waals surface area contributed by atoms with Crippen molar-refractivity contribution in [1.29, 1.82) is 0 Å². The number of hydrogen-bond acceptors (Lipinski definition) is 5. The van der Waals surface area contributed by atoms with Crippen molar-refractivity contribution in [2.45, 2.75) is 6.18 Å². The maximum absolute atomic E-state index is 13.6. The number of alkyl halides is 3. The van der Waals surface area contributed by atoms with Gasteiger partial charge in [-0.2, -0.15) is 13.2 Å². The third-order valence-corrected chi connectivity index (χ3v) is 4.22. The molecule has 13 heteroatoms. The quantitative estimate of drug-likeness (QED) is 0.242. The molecule has 2 aromatic rings. The van der Waals surface area contributed by atoms with E-state index >= 15 is 0 Å². The average molecular weight is 503 g/mol. The number of rotatable bonds is 4. The van der Waals surface area contributed by atoms with E-state index in [2.05, 4.69) is 37.2 Å². The Morgan fingerprint density at radius 3 is 1.92 bits per heavy atom. The highest BCUT2D eigenvalue weighted by atomic mass is 79.9. The summed E-state index contributed by atoms with van der Waals surface area (Å²) in [6, 6.07) is 2.71. The minimum absolute atomic E-state index is 0.118. The van der Waals surface area contributed by atoms with Crippen LogP contribution in [-0.4, -0.2) is 9.85 Å². The molecule has 0 unspecified atom stereocenters. The molecule has 138 valence electrons. The first kappa shape index (κ1) is 20.0. The second-order valence-electron chi connectivity index (χ2n) is 4.78. The van der Waals surface area contributed by atoms with Crippen LogP contribution >= 0.6 is 31.9 Å². The standard InChI is InChI=1S/C13H5Br2F4N3O4/c14-8-1-5(2-9(15)11(8)16)20-12-7(13(17,18)19)3-6(21(23)24)4-10(12)22(25)26/h1-4,20H. The normalized spacial score (nSPS) is 11.3. The van der Waals surface area contributed by atoms with E-state index in [-0.39, 0.29) is 20.7 Å². The summed E-state index contributed by atoms with van der Waals surface area (Å²) in [7, 11) is 0. The monoisotopic (exact) mass is 501 g/mol. The molecule has 0 bridgehead atoms. The summed E-state index contributed by atoms with van der Waals surface area (Å²) in [6.07, 6.45) is -5.12. The summed E-state index contributed by atoms with van der Waals surface area (Å²) in [5.74, 6) is -0.732. The lowest BCUT2D eigenvalue weighted by Crippen LogP contribution is -2.12. The van der Waals surface area contributed by atoms with Crippen LogP contribution in [-0.2, 0) is 6.18 Å². The molecule has 0 fully saturated rings. The largest absolute Gasteiger partial charge is 0.418 e. The Kier molecular flexibility index (Phi) is 5.51. The summed E-state index contributed by atoms with van der Waals surface area (Å²) in [6.45, 7) is 0. The zero-order valence-corrected chi connectivity index (χ0v) is 15.3. The fraction of sp³-hybridized carbons (Fsp3) is 0.0769. The molecule has 0 saturated carbocycles. The van der Waals surface area contributed by atoms with E-state index in [4.69, 9.17) is 0 Å². The fourth-order valence-corrected chi connectivity index (χ4v) is 3.17. The zero-order chi connectivity index (χ0) is 19.8. The van der Waals surface area contributed by atoms with E-state index in [1.165, 1.54) is 0 Å². The first-order valence-corrected chi connectivity index (χ1v) is 7.96. The van der Waals surface area contributed by atoms with Gasteiger partial charge in [0.25, 0.3) is 11.4 Å². The molecular weight excluding hydrogens is 498 g/mol. The van der Waals surface area contributed by atoms with Crippen molar-refractivity contribution < 1.29 is 27.4 Å². The van der Waals surface area contributed by atoms with E-state index in [0.717, 1.165) is 12.1 Å². The lowest BCUT2D eigenvalue weighted by molar-refractivity contribution is -0.394. The molecule has 7 nitrogen and oxygen atoms in total. The molecule has 0 aromatic heterocycles. The average Bonchev–Trinajstić information content (AvgIpc) is 2.51. The second kappa shape index (κ2) is 7.15. The molecule has 0 amide bonds. The highest BCUT2D eigenvalue weighted by Gasteiger charge is 2.39. The van der Waals surface area contributed by atoms with Crippen molar-refractivity contribution in [3.05, 3.63) is 64.8 Å². The topological polar surface area (TPSA) is 98.3 Å². The number of non-ortho nitro benzene ring substituents is 1. The highest BCUT2D eigenvalue weighted by Crippen LogP contribution is 2.44. The molecule has 26 heavy (non-hydrogen) atoms.